The Labute approximate surface area is 66.9 Å². The summed E-state index contributed by atoms with van der Waals surface area (Å²) >= 11 is 0. The highest BCUT2D eigenvalue weighted by atomic mass is 16.5. The molecule has 0 spiro atoms. The summed E-state index contributed by atoms with van der Waals surface area (Å²) in [5, 5.41) is 0. The summed E-state index contributed by atoms with van der Waals surface area (Å²) in [4.78, 5) is 10.6. The van der Waals surface area contributed by atoms with Gasteiger partial charge in [-0.1, -0.05) is 5.92 Å². The minimum atomic E-state index is -0.171. The zero-order chi connectivity index (χ0) is 8.10. The molecule has 2 heteroatoms. The van der Waals surface area contributed by atoms with E-state index in [1.165, 1.54) is 20.0 Å². The smallest absolute Gasteiger partial charge is 0.306 e. The molecule has 0 heterocycles. The molecule has 0 amide bonds. The van der Waals surface area contributed by atoms with Crippen molar-refractivity contribution < 1.29 is 9.53 Å². The fraction of sp³-hybridized carbons (Fsp3) is 0.667. The molecular formula is C9H12O2. The second kappa shape index (κ2) is 4.02. The number of hydrogen-bond acceptors (Lipinski definition) is 2. The first-order valence-electron chi connectivity index (χ1n) is 3.88. The highest BCUT2D eigenvalue weighted by Gasteiger charge is 2.17. The van der Waals surface area contributed by atoms with Crippen LogP contribution in [0.15, 0.2) is 0 Å². The average molecular weight is 152 g/mol. The maximum Gasteiger partial charge on any atom is 0.306 e. The van der Waals surface area contributed by atoms with Gasteiger partial charge in [0.1, 0.15) is 0 Å². The predicted molar refractivity (Wildman–Crippen MR) is 41.8 cm³/mol. The normalized spacial score (nSPS) is 15.0. The van der Waals surface area contributed by atoms with Crippen molar-refractivity contribution >= 4 is 5.97 Å². The lowest BCUT2D eigenvalue weighted by Crippen LogP contribution is -1.98. The maximum absolute atomic E-state index is 10.6. The van der Waals surface area contributed by atoms with Crippen molar-refractivity contribution in [3.63, 3.8) is 0 Å². The summed E-state index contributed by atoms with van der Waals surface area (Å²) in [6, 6.07) is 0. The summed E-state index contributed by atoms with van der Waals surface area (Å²) < 4.78 is 4.47. The summed E-state index contributed by atoms with van der Waals surface area (Å²) in [6.07, 6.45) is 3.55. The van der Waals surface area contributed by atoms with Crippen LogP contribution in [0, 0.1) is 17.8 Å². The molecule has 1 rings (SSSR count). The molecule has 0 aliphatic heterocycles. The molecule has 0 saturated heterocycles. The third kappa shape index (κ3) is 3.67. The van der Waals surface area contributed by atoms with E-state index in [1.807, 2.05) is 0 Å². The summed E-state index contributed by atoms with van der Waals surface area (Å²) in [6.45, 7) is 0. The minimum absolute atomic E-state index is 0.171. The molecule has 11 heavy (non-hydrogen) atoms. The monoisotopic (exact) mass is 152 g/mol. The van der Waals surface area contributed by atoms with Gasteiger partial charge in [-0.25, -0.2) is 0 Å². The van der Waals surface area contributed by atoms with Crippen LogP contribution < -0.4 is 0 Å². The van der Waals surface area contributed by atoms with E-state index in [4.69, 9.17) is 0 Å². The molecule has 0 aromatic heterocycles. The van der Waals surface area contributed by atoms with Gasteiger partial charge in [-0.05, 0) is 12.8 Å². The highest BCUT2D eigenvalue weighted by Crippen LogP contribution is 2.27. The number of rotatable bonds is 2. The Balaban J connectivity index is 2.03. The third-order valence-electron chi connectivity index (χ3n) is 1.57. The quantitative estimate of drug-likeness (QED) is 0.441. The lowest BCUT2D eigenvalue weighted by Gasteiger charge is -1.91. The van der Waals surface area contributed by atoms with Crippen LogP contribution in [0.5, 0.6) is 0 Å². The molecular weight excluding hydrogens is 140 g/mol. The fourth-order valence-electron chi connectivity index (χ4n) is 0.711. The van der Waals surface area contributed by atoms with Gasteiger partial charge in [0.15, 0.2) is 0 Å². The molecule has 1 aliphatic rings. The van der Waals surface area contributed by atoms with Gasteiger partial charge in [-0.2, -0.15) is 0 Å². The van der Waals surface area contributed by atoms with Crippen molar-refractivity contribution in [1.29, 1.82) is 0 Å². The first kappa shape index (κ1) is 8.13. The number of ether oxygens (including phenoxy) is 1. The molecule has 1 saturated carbocycles. The number of hydrogen-bond donors (Lipinski definition) is 0. The van der Waals surface area contributed by atoms with E-state index in [-0.39, 0.29) is 5.97 Å². The highest BCUT2D eigenvalue weighted by molar-refractivity contribution is 5.69. The van der Waals surface area contributed by atoms with Crippen LogP contribution in [0.3, 0.4) is 0 Å². The van der Waals surface area contributed by atoms with Crippen molar-refractivity contribution in [2.24, 2.45) is 5.92 Å². The molecule has 60 valence electrons. The molecule has 2 nitrogen and oxygen atoms in total. The maximum atomic E-state index is 10.6. The van der Waals surface area contributed by atoms with E-state index in [0.29, 0.717) is 18.8 Å². The topological polar surface area (TPSA) is 26.3 Å². The zero-order valence-electron chi connectivity index (χ0n) is 6.72. The van der Waals surface area contributed by atoms with E-state index in [2.05, 4.69) is 16.6 Å². The molecule has 0 bridgehead atoms. The third-order valence-corrected chi connectivity index (χ3v) is 1.57. The van der Waals surface area contributed by atoms with Crippen LogP contribution in [-0.2, 0) is 9.53 Å². The van der Waals surface area contributed by atoms with Crippen molar-refractivity contribution in [2.75, 3.05) is 7.11 Å². The second-order valence-corrected chi connectivity index (χ2v) is 2.67. The zero-order valence-corrected chi connectivity index (χ0v) is 6.72. The molecule has 1 aliphatic carbocycles. The minimum Gasteiger partial charge on any atom is -0.469 e. The summed E-state index contributed by atoms with van der Waals surface area (Å²) in [5.41, 5.74) is 0. The Hall–Kier alpha value is -0.970. The van der Waals surface area contributed by atoms with Gasteiger partial charge < -0.3 is 4.74 Å². The average Bonchev–Trinajstić information content (AvgIpc) is 2.81. The van der Waals surface area contributed by atoms with Crippen LogP contribution >= 0.6 is 0 Å². The summed E-state index contributed by atoms with van der Waals surface area (Å²) in [5.74, 6) is 6.50. The molecule has 0 N–H and O–H groups in total. The SMILES string of the molecule is COC(=O)CCC#CC1CC1. The molecule has 0 radical (unpaired) electrons. The van der Waals surface area contributed by atoms with Crippen LogP contribution in [0.1, 0.15) is 25.7 Å². The van der Waals surface area contributed by atoms with Gasteiger partial charge in [-0.3, -0.25) is 4.79 Å². The number of esters is 1. The standard InChI is InChI=1S/C9H12O2/c1-11-9(10)5-3-2-4-8-6-7-8/h8H,3,5-7H2,1H3. The van der Waals surface area contributed by atoms with Gasteiger partial charge in [-0.15, -0.1) is 5.92 Å². The molecule has 0 aromatic carbocycles. The lowest BCUT2D eigenvalue weighted by molar-refractivity contribution is -0.140. The fourth-order valence-corrected chi connectivity index (χ4v) is 0.711. The first-order valence-corrected chi connectivity index (χ1v) is 3.88. The van der Waals surface area contributed by atoms with Crippen LogP contribution in [-0.4, -0.2) is 13.1 Å². The van der Waals surface area contributed by atoms with E-state index in [1.54, 1.807) is 0 Å². The van der Waals surface area contributed by atoms with Crippen molar-refractivity contribution in [3.05, 3.63) is 0 Å². The van der Waals surface area contributed by atoms with Crippen LogP contribution in [0.2, 0.25) is 0 Å². The number of carbonyl (C=O) groups excluding carboxylic acids is 1. The van der Waals surface area contributed by atoms with Crippen molar-refractivity contribution in [3.8, 4) is 11.8 Å². The van der Waals surface area contributed by atoms with E-state index < -0.39 is 0 Å². The Morgan fingerprint density at radius 1 is 1.64 bits per heavy atom. The van der Waals surface area contributed by atoms with Gasteiger partial charge >= 0.3 is 5.97 Å². The van der Waals surface area contributed by atoms with Crippen molar-refractivity contribution in [1.82, 2.24) is 0 Å². The number of methoxy groups -OCH3 is 1. The van der Waals surface area contributed by atoms with Gasteiger partial charge in [0, 0.05) is 12.3 Å². The van der Waals surface area contributed by atoms with Crippen LogP contribution in [0.25, 0.3) is 0 Å². The Kier molecular flexibility index (Phi) is 2.97. The largest absolute Gasteiger partial charge is 0.469 e. The molecule has 0 unspecified atom stereocenters. The predicted octanol–water partition coefficient (Wildman–Crippen LogP) is 1.35. The number of carbonyl (C=O) groups is 1. The molecule has 0 atom stereocenters. The molecule has 0 aromatic rings. The van der Waals surface area contributed by atoms with Gasteiger partial charge in [0.05, 0.1) is 13.5 Å². The van der Waals surface area contributed by atoms with Crippen LogP contribution in [0.4, 0.5) is 0 Å². The molecule has 1 fully saturated rings. The van der Waals surface area contributed by atoms with Crippen molar-refractivity contribution in [2.45, 2.75) is 25.7 Å². The summed E-state index contributed by atoms with van der Waals surface area (Å²) in [7, 11) is 1.40. The van der Waals surface area contributed by atoms with E-state index in [9.17, 15) is 4.79 Å². The Morgan fingerprint density at radius 2 is 2.36 bits per heavy atom. The van der Waals surface area contributed by atoms with Gasteiger partial charge in [0.25, 0.3) is 0 Å². The Bertz CT molecular complexity index is 193. The van der Waals surface area contributed by atoms with E-state index in [0.717, 1.165) is 0 Å². The van der Waals surface area contributed by atoms with E-state index >= 15 is 0 Å². The second-order valence-electron chi connectivity index (χ2n) is 2.67. The lowest BCUT2D eigenvalue weighted by atomic mass is 10.3. The van der Waals surface area contributed by atoms with Gasteiger partial charge in [0.2, 0.25) is 0 Å². The Morgan fingerprint density at radius 3 is 2.91 bits per heavy atom. The first-order chi connectivity index (χ1) is 5.33.